The minimum Gasteiger partial charge on any atom is -0.493 e. The Balaban J connectivity index is 2.26. The van der Waals surface area contributed by atoms with Crippen LogP contribution in [0.3, 0.4) is 0 Å². The maximum Gasteiger partial charge on any atom is 0.296 e. The first-order valence-corrected chi connectivity index (χ1v) is 7.50. The molecule has 5 nitrogen and oxygen atoms in total. The second-order valence-electron chi connectivity index (χ2n) is 5.18. The minimum atomic E-state index is -0.307. The van der Waals surface area contributed by atoms with Crippen molar-refractivity contribution >= 4 is 11.4 Å². The van der Waals surface area contributed by atoms with E-state index in [0.717, 1.165) is 11.1 Å². The largest absolute Gasteiger partial charge is 0.493 e. The zero-order valence-corrected chi connectivity index (χ0v) is 13.5. The number of benzene rings is 2. The lowest BCUT2D eigenvalue weighted by Crippen LogP contribution is -2.20. The molecule has 0 saturated heterocycles. The second kappa shape index (κ2) is 6.91. The van der Waals surface area contributed by atoms with Crippen molar-refractivity contribution in [1.82, 2.24) is 9.78 Å². The molecule has 0 radical (unpaired) electrons. The van der Waals surface area contributed by atoms with Crippen LogP contribution >= 0.6 is 0 Å². The molecule has 0 bridgehead atoms. The van der Waals surface area contributed by atoms with Crippen LogP contribution in [0.5, 0.6) is 5.75 Å². The van der Waals surface area contributed by atoms with Crippen LogP contribution in [-0.4, -0.2) is 22.6 Å². The molecule has 3 aromatic rings. The zero-order valence-electron chi connectivity index (χ0n) is 13.5. The Morgan fingerprint density at radius 1 is 1.00 bits per heavy atom. The molecule has 3 rings (SSSR count). The van der Waals surface area contributed by atoms with Crippen molar-refractivity contribution in [1.29, 1.82) is 0 Å². The van der Waals surface area contributed by atoms with Gasteiger partial charge in [-0.25, -0.2) is 9.67 Å². The molecule has 0 spiro atoms. The quantitative estimate of drug-likeness (QED) is 0.695. The van der Waals surface area contributed by atoms with Gasteiger partial charge in [0, 0.05) is 18.2 Å². The third-order valence-corrected chi connectivity index (χ3v) is 3.62. The molecule has 0 aliphatic rings. The number of hydrogen-bond donors (Lipinski definition) is 0. The highest BCUT2D eigenvalue weighted by molar-refractivity contribution is 6.14. The second-order valence-corrected chi connectivity index (χ2v) is 5.18. The predicted octanol–water partition coefficient (Wildman–Crippen LogP) is 2.96. The van der Waals surface area contributed by atoms with Gasteiger partial charge in [-0.1, -0.05) is 60.7 Å². The van der Waals surface area contributed by atoms with Crippen LogP contribution in [-0.2, 0) is 7.05 Å². The van der Waals surface area contributed by atoms with Crippen LogP contribution in [0.1, 0.15) is 11.1 Å². The Bertz CT molecular complexity index is 875. The van der Waals surface area contributed by atoms with E-state index in [1.807, 2.05) is 60.7 Å². The SMILES string of the molecule is COc1cnn(C)c(=O)c1N=C(c1ccccc1)c1ccccc1. The van der Waals surface area contributed by atoms with Crippen LogP contribution < -0.4 is 10.3 Å². The molecule has 2 aromatic carbocycles. The van der Waals surface area contributed by atoms with Gasteiger partial charge in [0.15, 0.2) is 11.4 Å². The van der Waals surface area contributed by atoms with E-state index in [9.17, 15) is 4.79 Å². The summed E-state index contributed by atoms with van der Waals surface area (Å²) in [5, 5.41) is 3.97. The average molecular weight is 319 g/mol. The monoisotopic (exact) mass is 319 g/mol. The zero-order chi connectivity index (χ0) is 16.9. The molecule has 0 amide bonds. The Hall–Kier alpha value is -3.21. The number of methoxy groups -OCH3 is 1. The summed E-state index contributed by atoms with van der Waals surface area (Å²) < 4.78 is 6.52. The fraction of sp³-hybridized carbons (Fsp3) is 0.105. The number of rotatable bonds is 4. The summed E-state index contributed by atoms with van der Waals surface area (Å²) in [6.45, 7) is 0. The number of hydrogen-bond acceptors (Lipinski definition) is 4. The van der Waals surface area contributed by atoms with Crippen LogP contribution in [0.4, 0.5) is 5.69 Å². The van der Waals surface area contributed by atoms with Crippen LogP contribution in [0.15, 0.2) is 76.6 Å². The fourth-order valence-electron chi connectivity index (χ4n) is 2.36. The van der Waals surface area contributed by atoms with Gasteiger partial charge in [-0.2, -0.15) is 5.10 Å². The summed E-state index contributed by atoms with van der Waals surface area (Å²) in [6, 6.07) is 19.5. The van der Waals surface area contributed by atoms with Crippen molar-refractivity contribution in [2.75, 3.05) is 7.11 Å². The minimum absolute atomic E-state index is 0.234. The standard InChI is InChI=1S/C19H17N3O2/c1-22-19(23)18(16(24-2)13-20-22)21-17(14-9-5-3-6-10-14)15-11-7-4-8-12-15/h3-13H,1-2H3. The van der Waals surface area contributed by atoms with Gasteiger partial charge in [0.05, 0.1) is 19.0 Å². The molecule has 0 aliphatic carbocycles. The predicted molar refractivity (Wildman–Crippen MR) is 94.2 cm³/mol. The lowest BCUT2D eigenvalue weighted by molar-refractivity contribution is 0.409. The lowest BCUT2D eigenvalue weighted by atomic mass is 10.0. The Kier molecular flexibility index (Phi) is 4.52. The molecule has 120 valence electrons. The molecule has 24 heavy (non-hydrogen) atoms. The maximum atomic E-state index is 12.5. The van der Waals surface area contributed by atoms with Gasteiger partial charge in [0.2, 0.25) is 0 Å². The molecule has 0 atom stereocenters. The lowest BCUT2D eigenvalue weighted by Gasteiger charge is -2.10. The van der Waals surface area contributed by atoms with Gasteiger partial charge in [0.25, 0.3) is 5.56 Å². The number of aryl methyl sites for hydroxylation is 1. The topological polar surface area (TPSA) is 56.5 Å². The summed E-state index contributed by atoms with van der Waals surface area (Å²) >= 11 is 0. The Morgan fingerprint density at radius 2 is 1.54 bits per heavy atom. The summed E-state index contributed by atoms with van der Waals surface area (Å²) in [7, 11) is 3.09. The van der Waals surface area contributed by atoms with E-state index in [-0.39, 0.29) is 11.2 Å². The van der Waals surface area contributed by atoms with Gasteiger partial charge in [0.1, 0.15) is 0 Å². The van der Waals surface area contributed by atoms with Gasteiger partial charge < -0.3 is 4.74 Å². The number of aliphatic imine (C=N–C) groups is 1. The van der Waals surface area contributed by atoms with Crippen LogP contribution in [0, 0.1) is 0 Å². The molecule has 0 aliphatic heterocycles. The third-order valence-electron chi connectivity index (χ3n) is 3.62. The van der Waals surface area contributed by atoms with Crippen molar-refractivity contribution < 1.29 is 4.74 Å². The van der Waals surface area contributed by atoms with Crippen molar-refractivity contribution in [3.8, 4) is 5.75 Å². The molecule has 0 saturated carbocycles. The first kappa shape index (κ1) is 15.7. The molecule has 0 unspecified atom stereocenters. The molecule has 0 N–H and O–H groups in total. The van der Waals surface area contributed by atoms with Crippen LogP contribution in [0.2, 0.25) is 0 Å². The average Bonchev–Trinajstić information content (AvgIpc) is 2.64. The van der Waals surface area contributed by atoms with E-state index in [1.165, 1.54) is 18.0 Å². The highest BCUT2D eigenvalue weighted by atomic mass is 16.5. The smallest absolute Gasteiger partial charge is 0.296 e. The summed E-state index contributed by atoms with van der Waals surface area (Å²) in [6.07, 6.45) is 1.49. The van der Waals surface area contributed by atoms with E-state index in [2.05, 4.69) is 10.1 Å². The van der Waals surface area contributed by atoms with Crippen molar-refractivity contribution in [2.24, 2.45) is 12.0 Å². The van der Waals surface area contributed by atoms with Gasteiger partial charge >= 0.3 is 0 Å². The van der Waals surface area contributed by atoms with E-state index in [4.69, 9.17) is 4.74 Å². The summed E-state index contributed by atoms with van der Waals surface area (Å²) in [4.78, 5) is 17.1. The van der Waals surface area contributed by atoms with E-state index in [1.54, 1.807) is 7.05 Å². The first-order chi connectivity index (χ1) is 11.7. The van der Waals surface area contributed by atoms with Gasteiger partial charge in [-0.05, 0) is 0 Å². The molecule has 5 heteroatoms. The van der Waals surface area contributed by atoms with E-state index < -0.39 is 0 Å². The third kappa shape index (κ3) is 3.10. The highest BCUT2D eigenvalue weighted by Gasteiger charge is 2.13. The van der Waals surface area contributed by atoms with E-state index >= 15 is 0 Å². The highest BCUT2D eigenvalue weighted by Crippen LogP contribution is 2.24. The molecular formula is C19H17N3O2. The normalized spacial score (nSPS) is 10.2. The van der Waals surface area contributed by atoms with E-state index in [0.29, 0.717) is 11.5 Å². The maximum absolute atomic E-state index is 12.5. The molecular weight excluding hydrogens is 302 g/mol. The molecule has 0 fully saturated rings. The van der Waals surface area contributed by atoms with Crippen molar-refractivity contribution in [3.05, 3.63) is 88.3 Å². The number of aromatic nitrogens is 2. The van der Waals surface area contributed by atoms with Crippen molar-refractivity contribution in [2.45, 2.75) is 0 Å². The molecule has 1 aromatic heterocycles. The van der Waals surface area contributed by atoms with Crippen LogP contribution in [0.25, 0.3) is 0 Å². The first-order valence-electron chi connectivity index (χ1n) is 7.50. The summed E-state index contributed by atoms with van der Waals surface area (Å²) in [5.74, 6) is 0.350. The van der Waals surface area contributed by atoms with Gasteiger partial charge in [-0.15, -0.1) is 0 Å². The number of ether oxygens (including phenoxy) is 1. The van der Waals surface area contributed by atoms with Crippen molar-refractivity contribution in [3.63, 3.8) is 0 Å². The Morgan fingerprint density at radius 3 is 2.04 bits per heavy atom. The molecule has 1 heterocycles. The Labute approximate surface area is 139 Å². The number of nitrogens with zero attached hydrogens (tertiary/aromatic N) is 3. The van der Waals surface area contributed by atoms with Gasteiger partial charge in [-0.3, -0.25) is 4.79 Å². The summed E-state index contributed by atoms with van der Waals surface area (Å²) in [5.41, 5.74) is 2.48. The fourth-order valence-corrected chi connectivity index (χ4v) is 2.36.